The lowest BCUT2D eigenvalue weighted by Crippen LogP contribution is -2.12. The van der Waals surface area contributed by atoms with Crippen LogP contribution in [0.15, 0.2) is 0 Å². The van der Waals surface area contributed by atoms with Gasteiger partial charge in [0.1, 0.15) is 11.3 Å². The van der Waals surface area contributed by atoms with Crippen molar-refractivity contribution in [2.24, 2.45) is 7.05 Å². The summed E-state index contributed by atoms with van der Waals surface area (Å²) in [6.07, 6.45) is 0. The topological polar surface area (TPSA) is 54.1 Å². The molecule has 2 aromatic heterocycles. The number of methoxy groups -OCH3 is 1. The monoisotopic (exact) mass is 286 g/mol. The predicted molar refractivity (Wildman–Crippen MR) is 73.5 cm³/mol. The third-order valence-electron chi connectivity index (χ3n) is 2.98. The summed E-state index contributed by atoms with van der Waals surface area (Å²) >= 11 is 5.95. The fourth-order valence-electron chi connectivity index (χ4n) is 2.12. The average Bonchev–Trinajstić information content (AvgIpc) is 2.89. The van der Waals surface area contributed by atoms with E-state index in [1.807, 2.05) is 18.7 Å². The van der Waals surface area contributed by atoms with Crippen molar-refractivity contribution in [1.29, 1.82) is 0 Å². The van der Waals surface area contributed by atoms with Crippen molar-refractivity contribution in [3.8, 4) is 0 Å². The van der Waals surface area contributed by atoms with Crippen molar-refractivity contribution in [3.63, 3.8) is 0 Å². The molecule has 0 bridgehead atoms. The molecule has 0 aliphatic carbocycles. The first kappa shape index (κ1) is 14.3. The Morgan fingerprint density at radius 1 is 1.26 bits per heavy atom. The van der Waals surface area contributed by atoms with E-state index >= 15 is 0 Å². The zero-order chi connectivity index (χ0) is 13.8. The summed E-state index contributed by atoms with van der Waals surface area (Å²) in [4.78, 5) is 4.53. The minimum atomic E-state index is 0.381. The standard InChI is InChI=1S/C12H19ClN4O2/c1-9-11-12(16(2)15-9)17(10(8-13)14-11)4-5-19-7-6-18-3/h4-8H2,1-3H3. The number of ether oxygens (including phenoxy) is 2. The van der Waals surface area contributed by atoms with Gasteiger partial charge in [-0.2, -0.15) is 5.10 Å². The number of hydrogen-bond acceptors (Lipinski definition) is 4. The summed E-state index contributed by atoms with van der Waals surface area (Å²) < 4.78 is 14.3. The van der Waals surface area contributed by atoms with Crippen LogP contribution in [-0.4, -0.2) is 46.3 Å². The van der Waals surface area contributed by atoms with Crippen molar-refractivity contribution in [3.05, 3.63) is 11.5 Å². The molecule has 0 aromatic carbocycles. The second-order valence-electron chi connectivity index (χ2n) is 4.30. The Morgan fingerprint density at radius 3 is 2.74 bits per heavy atom. The summed E-state index contributed by atoms with van der Waals surface area (Å²) in [7, 11) is 3.57. The van der Waals surface area contributed by atoms with Gasteiger partial charge in [-0.25, -0.2) is 4.98 Å². The van der Waals surface area contributed by atoms with Crippen LogP contribution >= 0.6 is 11.6 Å². The number of fused-ring (bicyclic) bond motifs is 1. The maximum atomic E-state index is 5.95. The van der Waals surface area contributed by atoms with E-state index in [-0.39, 0.29) is 0 Å². The van der Waals surface area contributed by atoms with Gasteiger partial charge in [0.25, 0.3) is 0 Å². The maximum absolute atomic E-state index is 5.95. The molecular weight excluding hydrogens is 268 g/mol. The highest BCUT2D eigenvalue weighted by Crippen LogP contribution is 2.19. The van der Waals surface area contributed by atoms with Gasteiger partial charge in [-0.15, -0.1) is 11.6 Å². The number of aryl methyl sites for hydroxylation is 2. The average molecular weight is 287 g/mol. The van der Waals surface area contributed by atoms with Gasteiger partial charge < -0.3 is 14.0 Å². The minimum absolute atomic E-state index is 0.381. The number of imidazole rings is 1. The van der Waals surface area contributed by atoms with Crippen molar-refractivity contribution in [2.75, 3.05) is 26.9 Å². The molecule has 0 atom stereocenters. The number of nitrogens with zero attached hydrogens (tertiary/aromatic N) is 4. The fourth-order valence-corrected chi connectivity index (χ4v) is 2.32. The van der Waals surface area contributed by atoms with Crippen molar-refractivity contribution in [1.82, 2.24) is 19.3 Å². The van der Waals surface area contributed by atoms with Crippen LogP contribution in [0.3, 0.4) is 0 Å². The summed E-state index contributed by atoms with van der Waals surface area (Å²) in [5.41, 5.74) is 2.82. The lowest BCUT2D eigenvalue weighted by molar-refractivity contribution is 0.0666. The van der Waals surface area contributed by atoms with Crippen LogP contribution in [0.4, 0.5) is 0 Å². The third kappa shape index (κ3) is 2.91. The van der Waals surface area contributed by atoms with Gasteiger partial charge in [-0.05, 0) is 6.92 Å². The van der Waals surface area contributed by atoms with Crippen molar-refractivity contribution >= 4 is 22.8 Å². The highest BCUT2D eigenvalue weighted by Gasteiger charge is 2.16. The first-order valence-corrected chi connectivity index (χ1v) is 6.73. The largest absolute Gasteiger partial charge is 0.382 e. The smallest absolute Gasteiger partial charge is 0.158 e. The molecule has 2 rings (SSSR count). The lowest BCUT2D eigenvalue weighted by Gasteiger charge is -2.08. The molecule has 2 aromatic rings. The van der Waals surface area contributed by atoms with Gasteiger partial charge in [-0.1, -0.05) is 0 Å². The van der Waals surface area contributed by atoms with Crippen LogP contribution in [0.1, 0.15) is 11.5 Å². The van der Waals surface area contributed by atoms with Crippen LogP contribution in [0.2, 0.25) is 0 Å². The molecule has 0 aliphatic heterocycles. The van der Waals surface area contributed by atoms with Crippen LogP contribution in [0.5, 0.6) is 0 Å². The molecule has 106 valence electrons. The molecule has 0 amide bonds. The van der Waals surface area contributed by atoms with E-state index in [4.69, 9.17) is 21.1 Å². The van der Waals surface area contributed by atoms with Crippen molar-refractivity contribution in [2.45, 2.75) is 19.3 Å². The van der Waals surface area contributed by atoms with Crippen LogP contribution < -0.4 is 0 Å². The van der Waals surface area contributed by atoms with Gasteiger partial charge in [0.05, 0.1) is 31.4 Å². The Bertz CT molecular complexity index is 549. The molecule has 7 heteroatoms. The number of rotatable bonds is 7. The lowest BCUT2D eigenvalue weighted by atomic mass is 10.4. The fraction of sp³-hybridized carbons (Fsp3) is 0.667. The van der Waals surface area contributed by atoms with E-state index in [9.17, 15) is 0 Å². The molecular formula is C12H19ClN4O2. The predicted octanol–water partition coefficient (Wildman–Crippen LogP) is 1.48. The van der Waals surface area contributed by atoms with Gasteiger partial charge in [-0.3, -0.25) is 4.68 Å². The summed E-state index contributed by atoms with van der Waals surface area (Å²) in [6, 6.07) is 0. The van der Waals surface area contributed by atoms with Gasteiger partial charge >= 0.3 is 0 Å². The van der Waals surface area contributed by atoms with Gasteiger partial charge in [0, 0.05) is 20.7 Å². The highest BCUT2D eigenvalue weighted by molar-refractivity contribution is 6.16. The Kier molecular flexibility index (Phi) is 4.79. The molecule has 0 aliphatic rings. The molecule has 0 saturated carbocycles. The quantitative estimate of drug-likeness (QED) is 0.571. The number of halogens is 1. The van der Waals surface area contributed by atoms with Crippen LogP contribution in [0, 0.1) is 6.92 Å². The molecule has 0 unspecified atom stereocenters. The number of alkyl halides is 1. The second-order valence-corrected chi connectivity index (χ2v) is 4.57. The number of hydrogen-bond donors (Lipinski definition) is 0. The summed E-state index contributed by atoms with van der Waals surface area (Å²) in [5.74, 6) is 1.23. The van der Waals surface area contributed by atoms with Gasteiger partial charge in [0.15, 0.2) is 5.65 Å². The maximum Gasteiger partial charge on any atom is 0.158 e. The molecule has 0 saturated heterocycles. The molecule has 0 N–H and O–H groups in total. The first-order chi connectivity index (χ1) is 9.19. The second kappa shape index (κ2) is 6.36. The molecule has 0 spiro atoms. The molecule has 2 heterocycles. The minimum Gasteiger partial charge on any atom is -0.382 e. The van der Waals surface area contributed by atoms with E-state index in [2.05, 4.69) is 14.6 Å². The van der Waals surface area contributed by atoms with Crippen LogP contribution in [-0.2, 0) is 28.9 Å². The van der Waals surface area contributed by atoms with Crippen molar-refractivity contribution < 1.29 is 9.47 Å². The number of aromatic nitrogens is 4. The molecule has 0 fully saturated rings. The van der Waals surface area contributed by atoms with E-state index < -0.39 is 0 Å². The van der Waals surface area contributed by atoms with E-state index in [0.717, 1.165) is 22.7 Å². The molecule has 0 radical (unpaired) electrons. The highest BCUT2D eigenvalue weighted by atomic mass is 35.5. The van der Waals surface area contributed by atoms with Crippen LogP contribution in [0.25, 0.3) is 11.2 Å². The van der Waals surface area contributed by atoms with E-state index in [1.165, 1.54) is 0 Å². The Morgan fingerprint density at radius 2 is 2.05 bits per heavy atom. The Labute approximate surface area is 117 Å². The summed E-state index contributed by atoms with van der Waals surface area (Å²) in [6.45, 7) is 4.46. The first-order valence-electron chi connectivity index (χ1n) is 6.20. The van der Waals surface area contributed by atoms with Gasteiger partial charge in [0.2, 0.25) is 0 Å². The normalized spacial score (nSPS) is 11.6. The Hall–Kier alpha value is -1.11. The Balaban J connectivity index is 2.15. The van der Waals surface area contributed by atoms with E-state index in [0.29, 0.717) is 32.2 Å². The SMILES string of the molecule is COCCOCCn1c(CCl)nc2c(C)nn(C)c21. The zero-order valence-electron chi connectivity index (χ0n) is 11.5. The zero-order valence-corrected chi connectivity index (χ0v) is 12.3. The summed E-state index contributed by atoms with van der Waals surface area (Å²) in [5, 5.41) is 4.37. The molecule has 19 heavy (non-hydrogen) atoms. The third-order valence-corrected chi connectivity index (χ3v) is 3.22. The van der Waals surface area contributed by atoms with E-state index in [1.54, 1.807) is 7.11 Å². The molecule has 6 nitrogen and oxygen atoms in total.